The van der Waals surface area contributed by atoms with Crippen LogP contribution in [0.25, 0.3) is 11.2 Å². The van der Waals surface area contributed by atoms with Crippen LogP contribution in [-0.4, -0.2) is 37.4 Å². The number of carbonyl (C=O) groups excluding carboxylic acids is 1. The molecule has 182 valence electrons. The van der Waals surface area contributed by atoms with E-state index in [2.05, 4.69) is 35.6 Å². The van der Waals surface area contributed by atoms with Gasteiger partial charge >= 0.3 is 6.18 Å². The topological polar surface area (TPSA) is 118 Å². The number of alkyl halides is 3. The van der Waals surface area contributed by atoms with Crippen LogP contribution < -0.4 is 15.4 Å². The number of anilines is 2. The minimum absolute atomic E-state index is 0.0122. The number of aromatic amines is 1. The number of imidazole rings is 1. The smallest absolute Gasteiger partial charge is 0.418 e. The molecule has 0 saturated carbocycles. The fourth-order valence-corrected chi connectivity index (χ4v) is 3.60. The van der Waals surface area contributed by atoms with Gasteiger partial charge in [-0.05, 0) is 25.1 Å². The van der Waals surface area contributed by atoms with Crippen LogP contribution in [0.3, 0.4) is 0 Å². The van der Waals surface area contributed by atoms with Crippen molar-refractivity contribution in [2.75, 3.05) is 11.9 Å². The SMILES string of the molecule is CCOc1nc2[nH]c(Nc3c(Cl)cncc3Cl)nc2cc1C(=O)NCc1ncccc1C(F)(F)F. The Labute approximate surface area is 206 Å². The van der Waals surface area contributed by atoms with Gasteiger partial charge < -0.3 is 20.4 Å². The van der Waals surface area contributed by atoms with Gasteiger partial charge in [0.2, 0.25) is 11.8 Å². The summed E-state index contributed by atoms with van der Waals surface area (Å²) in [5.74, 6) is -0.505. The molecule has 0 unspecified atom stereocenters. The quantitative estimate of drug-likeness (QED) is 0.305. The van der Waals surface area contributed by atoms with Gasteiger partial charge in [0.15, 0.2) is 5.65 Å². The minimum atomic E-state index is -4.61. The molecule has 4 heterocycles. The van der Waals surface area contributed by atoms with Crippen LogP contribution in [0.4, 0.5) is 24.8 Å². The van der Waals surface area contributed by atoms with Crippen molar-refractivity contribution in [2.24, 2.45) is 0 Å². The number of nitrogens with one attached hydrogen (secondary N) is 3. The van der Waals surface area contributed by atoms with E-state index >= 15 is 0 Å². The summed E-state index contributed by atoms with van der Waals surface area (Å²) in [6.45, 7) is 1.44. The third kappa shape index (κ3) is 5.38. The fraction of sp³-hybridized carbons (Fsp3) is 0.190. The Morgan fingerprint density at radius 3 is 2.63 bits per heavy atom. The van der Waals surface area contributed by atoms with Gasteiger partial charge in [-0.1, -0.05) is 23.2 Å². The molecule has 0 fully saturated rings. The number of nitrogens with zero attached hydrogens (tertiary/aromatic N) is 4. The minimum Gasteiger partial charge on any atom is -0.477 e. The van der Waals surface area contributed by atoms with Crippen molar-refractivity contribution < 1.29 is 22.7 Å². The molecule has 1 amide bonds. The second-order valence-electron chi connectivity index (χ2n) is 7.01. The zero-order chi connectivity index (χ0) is 25.2. The molecule has 3 N–H and O–H groups in total. The van der Waals surface area contributed by atoms with Gasteiger partial charge in [-0.25, -0.2) is 4.98 Å². The molecule has 0 atom stereocenters. The van der Waals surface area contributed by atoms with E-state index in [1.165, 1.54) is 30.7 Å². The monoisotopic (exact) mass is 525 g/mol. The lowest BCUT2D eigenvalue weighted by Gasteiger charge is -2.13. The number of aromatic nitrogens is 5. The number of hydrogen-bond donors (Lipinski definition) is 3. The standard InChI is InChI=1S/C21H16Cl2F3N7O2/c1-2-35-19-10(18(34)29-9-15-11(21(24,25)26)4-3-5-28-15)6-14-17(32-19)33-20(30-14)31-16-12(22)7-27-8-13(16)23/h3-8H,2,9H2,1H3,(H,29,34)(H2,27,30,31,32,33). The Bertz CT molecular complexity index is 1380. The lowest BCUT2D eigenvalue weighted by atomic mass is 10.1. The first-order valence-electron chi connectivity index (χ1n) is 10.1. The van der Waals surface area contributed by atoms with E-state index in [1.54, 1.807) is 6.92 Å². The van der Waals surface area contributed by atoms with Gasteiger partial charge in [-0.3, -0.25) is 14.8 Å². The number of pyridine rings is 3. The number of ether oxygens (including phenoxy) is 1. The van der Waals surface area contributed by atoms with Crippen LogP contribution in [0.5, 0.6) is 5.88 Å². The van der Waals surface area contributed by atoms with Gasteiger partial charge in [-0.15, -0.1) is 0 Å². The van der Waals surface area contributed by atoms with Crippen LogP contribution in [-0.2, 0) is 12.7 Å². The third-order valence-corrected chi connectivity index (χ3v) is 5.24. The first kappa shape index (κ1) is 24.5. The predicted molar refractivity (Wildman–Crippen MR) is 123 cm³/mol. The first-order chi connectivity index (χ1) is 16.7. The van der Waals surface area contributed by atoms with E-state index in [9.17, 15) is 18.0 Å². The summed E-state index contributed by atoms with van der Waals surface area (Å²) < 4.78 is 45.1. The highest BCUT2D eigenvalue weighted by Crippen LogP contribution is 2.32. The molecule has 0 saturated heterocycles. The molecule has 4 rings (SSSR count). The van der Waals surface area contributed by atoms with E-state index < -0.39 is 24.2 Å². The highest BCUT2D eigenvalue weighted by atomic mass is 35.5. The second-order valence-corrected chi connectivity index (χ2v) is 7.82. The molecular weight excluding hydrogens is 510 g/mol. The number of carbonyl (C=O) groups is 1. The van der Waals surface area contributed by atoms with Crippen LogP contribution in [0.2, 0.25) is 10.0 Å². The summed E-state index contributed by atoms with van der Waals surface area (Å²) in [7, 11) is 0. The van der Waals surface area contributed by atoms with E-state index in [1.807, 2.05) is 0 Å². The van der Waals surface area contributed by atoms with Crippen molar-refractivity contribution in [3.8, 4) is 5.88 Å². The number of fused-ring (bicyclic) bond motifs is 1. The van der Waals surface area contributed by atoms with E-state index in [-0.39, 0.29) is 50.9 Å². The number of halogens is 5. The van der Waals surface area contributed by atoms with Gasteiger partial charge in [0.1, 0.15) is 11.1 Å². The fourth-order valence-electron chi connectivity index (χ4n) is 3.14. The molecule has 0 aromatic carbocycles. The number of amides is 1. The highest BCUT2D eigenvalue weighted by Gasteiger charge is 2.34. The van der Waals surface area contributed by atoms with Crippen molar-refractivity contribution in [1.29, 1.82) is 0 Å². The van der Waals surface area contributed by atoms with Gasteiger partial charge in [0.25, 0.3) is 5.91 Å². The normalized spacial score (nSPS) is 11.5. The summed E-state index contributed by atoms with van der Waals surface area (Å²) >= 11 is 12.2. The number of rotatable bonds is 7. The van der Waals surface area contributed by atoms with E-state index in [0.717, 1.165) is 6.07 Å². The molecule has 4 aromatic rings. The Hall–Kier alpha value is -3.64. The van der Waals surface area contributed by atoms with Gasteiger partial charge in [0.05, 0.1) is 40.1 Å². The number of hydrogen-bond acceptors (Lipinski definition) is 7. The summed E-state index contributed by atoms with van der Waals surface area (Å²) in [5, 5.41) is 5.88. The maximum Gasteiger partial charge on any atom is 0.418 e. The van der Waals surface area contributed by atoms with Crippen molar-refractivity contribution in [3.05, 3.63) is 63.7 Å². The molecular formula is C21H16Cl2F3N7O2. The van der Waals surface area contributed by atoms with E-state index in [0.29, 0.717) is 5.69 Å². The van der Waals surface area contributed by atoms with Crippen molar-refractivity contribution in [1.82, 2.24) is 30.2 Å². The first-order valence-corrected chi connectivity index (χ1v) is 10.8. The zero-order valence-corrected chi connectivity index (χ0v) is 19.4. The molecule has 4 aromatic heterocycles. The molecule has 0 aliphatic carbocycles. The molecule has 0 aliphatic rings. The average Bonchev–Trinajstić information content (AvgIpc) is 3.20. The van der Waals surface area contributed by atoms with Crippen LogP contribution >= 0.6 is 23.2 Å². The van der Waals surface area contributed by atoms with Crippen molar-refractivity contribution >= 4 is 51.9 Å². The summed E-state index contributed by atoms with van der Waals surface area (Å²) in [5.41, 5.74) is -0.328. The molecule has 9 nitrogen and oxygen atoms in total. The lowest BCUT2D eigenvalue weighted by molar-refractivity contribution is -0.138. The third-order valence-electron chi connectivity index (χ3n) is 4.67. The predicted octanol–water partition coefficient (Wildman–Crippen LogP) is 5.15. The molecule has 0 spiro atoms. The summed E-state index contributed by atoms with van der Waals surface area (Å²) in [6, 6.07) is 3.48. The lowest BCUT2D eigenvalue weighted by Crippen LogP contribution is -2.26. The van der Waals surface area contributed by atoms with Crippen LogP contribution in [0, 0.1) is 0 Å². The Morgan fingerprint density at radius 2 is 1.94 bits per heavy atom. The molecule has 0 aliphatic heterocycles. The van der Waals surface area contributed by atoms with Crippen molar-refractivity contribution in [3.63, 3.8) is 0 Å². The van der Waals surface area contributed by atoms with Crippen LogP contribution in [0.15, 0.2) is 36.8 Å². The van der Waals surface area contributed by atoms with Crippen LogP contribution in [0.1, 0.15) is 28.5 Å². The number of H-pyrrole nitrogens is 1. The maximum absolute atomic E-state index is 13.2. The molecule has 14 heteroatoms. The largest absolute Gasteiger partial charge is 0.477 e. The van der Waals surface area contributed by atoms with Gasteiger partial charge in [-0.2, -0.15) is 18.2 Å². The summed E-state index contributed by atoms with van der Waals surface area (Å²) in [6.07, 6.45) is -0.587. The van der Waals surface area contributed by atoms with E-state index in [4.69, 9.17) is 27.9 Å². The maximum atomic E-state index is 13.2. The zero-order valence-electron chi connectivity index (χ0n) is 17.9. The summed E-state index contributed by atoms with van der Waals surface area (Å²) in [4.78, 5) is 32.0. The van der Waals surface area contributed by atoms with Crippen molar-refractivity contribution in [2.45, 2.75) is 19.6 Å². The average molecular weight is 526 g/mol. The molecule has 35 heavy (non-hydrogen) atoms. The molecule has 0 bridgehead atoms. The Balaban J connectivity index is 1.62. The Kier molecular flexibility index (Phi) is 6.94. The Morgan fingerprint density at radius 1 is 1.20 bits per heavy atom. The second kappa shape index (κ2) is 9.92. The van der Waals surface area contributed by atoms with Gasteiger partial charge in [0, 0.05) is 18.6 Å². The molecule has 0 radical (unpaired) electrons. The highest BCUT2D eigenvalue weighted by molar-refractivity contribution is 6.39.